The van der Waals surface area contributed by atoms with Crippen molar-refractivity contribution in [3.05, 3.63) is 34.1 Å². The fraction of sp³-hybridized carbons (Fsp3) is 0.182. The van der Waals surface area contributed by atoms with Gasteiger partial charge in [0.15, 0.2) is 5.82 Å². The highest BCUT2D eigenvalue weighted by molar-refractivity contribution is 9.10. The topological polar surface area (TPSA) is 90.3 Å². The van der Waals surface area contributed by atoms with Crippen LogP contribution in [0.3, 0.4) is 0 Å². The van der Waals surface area contributed by atoms with Crippen LogP contribution in [0.4, 0.5) is 5.95 Å². The molecule has 0 atom stereocenters. The van der Waals surface area contributed by atoms with Crippen molar-refractivity contribution in [2.45, 2.75) is 6.92 Å². The van der Waals surface area contributed by atoms with Gasteiger partial charge in [-0.2, -0.15) is 5.10 Å². The van der Waals surface area contributed by atoms with Crippen molar-refractivity contribution in [2.24, 2.45) is 5.10 Å². The van der Waals surface area contributed by atoms with Gasteiger partial charge in [0.2, 0.25) is 0 Å². The molecule has 1 aromatic heterocycles. The van der Waals surface area contributed by atoms with Crippen molar-refractivity contribution in [1.82, 2.24) is 14.9 Å². The summed E-state index contributed by atoms with van der Waals surface area (Å²) in [7, 11) is 1.62. The SMILES string of the molecule is COc1ccc(/C=N/Nc2nnc(C)n2N)cc1Br.Cl. The number of nitrogens with zero attached hydrogens (tertiary/aromatic N) is 4. The molecule has 9 heteroatoms. The molecular formula is C11H14BrClN6O. The lowest BCUT2D eigenvalue weighted by Crippen LogP contribution is -2.13. The first-order chi connectivity index (χ1) is 9.11. The maximum Gasteiger partial charge on any atom is 0.263 e. The Morgan fingerprint density at radius 2 is 2.20 bits per heavy atom. The maximum absolute atomic E-state index is 5.68. The highest BCUT2D eigenvalue weighted by atomic mass is 79.9. The Hall–Kier alpha value is -1.80. The summed E-state index contributed by atoms with van der Waals surface area (Å²) in [6.07, 6.45) is 1.65. The van der Waals surface area contributed by atoms with E-state index in [1.54, 1.807) is 20.2 Å². The van der Waals surface area contributed by atoms with Gasteiger partial charge in [-0.25, -0.2) is 10.1 Å². The van der Waals surface area contributed by atoms with Gasteiger partial charge in [0.05, 0.1) is 17.8 Å². The number of ether oxygens (including phenoxy) is 1. The van der Waals surface area contributed by atoms with Gasteiger partial charge in [-0.1, -0.05) is 0 Å². The van der Waals surface area contributed by atoms with Crippen LogP contribution < -0.4 is 16.0 Å². The number of aromatic nitrogens is 3. The Morgan fingerprint density at radius 1 is 1.45 bits per heavy atom. The van der Waals surface area contributed by atoms with Crippen LogP contribution in [0, 0.1) is 6.92 Å². The molecule has 3 N–H and O–H groups in total. The molecule has 108 valence electrons. The third-order valence-electron chi connectivity index (χ3n) is 2.42. The van der Waals surface area contributed by atoms with Crippen LogP contribution in [0.15, 0.2) is 27.8 Å². The van der Waals surface area contributed by atoms with E-state index in [1.807, 2.05) is 18.2 Å². The molecule has 0 saturated carbocycles. The number of hydrogen-bond donors (Lipinski definition) is 2. The van der Waals surface area contributed by atoms with Gasteiger partial charge in [-0.05, 0) is 46.6 Å². The zero-order chi connectivity index (χ0) is 13.8. The van der Waals surface area contributed by atoms with Crippen LogP contribution in [0.2, 0.25) is 0 Å². The van der Waals surface area contributed by atoms with E-state index >= 15 is 0 Å². The fourth-order valence-electron chi connectivity index (χ4n) is 1.37. The smallest absolute Gasteiger partial charge is 0.263 e. The molecule has 0 fully saturated rings. The predicted octanol–water partition coefficient (Wildman–Crippen LogP) is 1.94. The molecular weight excluding hydrogens is 348 g/mol. The van der Waals surface area contributed by atoms with Gasteiger partial charge in [-0.15, -0.1) is 22.6 Å². The third kappa shape index (κ3) is 3.61. The largest absolute Gasteiger partial charge is 0.496 e. The Balaban J connectivity index is 0.00000200. The standard InChI is InChI=1S/C11H13BrN6O.ClH/c1-7-15-17-11(18(7)13)16-14-6-8-3-4-10(19-2)9(12)5-8;/h3-6H,13H2,1-2H3,(H,16,17);1H/b14-6+;. The molecule has 1 heterocycles. The van der Waals surface area contributed by atoms with Gasteiger partial charge >= 0.3 is 0 Å². The second-order valence-electron chi connectivity index (χ2n) is 3.70. The van der Waals surface area contributed by atoms with E-state index in [9.17, 15) is 0 Å². The molecule has 2 aromatic rings. The van der Waals surface area contributed by atoms with Crippen LogP contribution in [-0.4, -0.2) is 28.2 Å². The van der Waals surface area contributed by atoms with Gasteiger partial charge in [0.25, 0.3) is 5.95 Å². The summed E-state index contributed by atoms with van der Waals surface area (Å²) in [4.78, 5) is 0. The number of anilines is 1. The molecule has 0 unspecified atom stereocenters. The van der Waals surface area contributed by atoms with Crippen molar-refractivity contribution in [3.8, 4) is 5.75 Å². The van der Waals surface area contributed by atoms with Crippen molar-refractivity contribution in [1.29, 1.82) is 0 Å². The lowest BCUT2D eigenvalue weighted by Gasteiger charge is -2.03. The zero-order valence-electron chi connectivity index (χ0n) is 10.9. The van der Waals surface area contributed by atoms with E-state index in [0.717, 1.165) is 15.8 Å². The van der Waals surface area contributed by atoms with Crippen molar-refractivity contribution < 1.29 is 4.74 Å². The van der Waals surface area contributed by atoms with E-state index in [2.05, 4.69) is 36.7 Å². The fourth-order valence-corrected chi connectivity index (χ4v) is 1.93. The monoisotopic (exact) mass is 360 g/mol. The van der Waals surface area contributed by atoms with Crippen LogP contribution in [0.25, 0.3) is 0 Å². The highest BCUT2D eigenvalue weighted by Gasteiger charge is 2.03. The number of rotatable bonds is 4. The summed E-state index contributed by atoms with van der Waals surface area (Å²) in [6, 6.07) is 5.62. The van der Waals surface area contributed by atoms with Gasteiger partial charge in [0.1, 0.15) is 5.75 Å². The molecule has 0 saturated heterocycles. The van der Waals surface area contributed by atoms with E-state index in [1.165, 1.54) is 4.68 Å². The van der Waals surface area contributed by atoms with E-state index < -0.39 is 0 Å². The summed E-state index contributed by atoms with van der Waals surface area (Å²) in [6.45, 7) is 1.75. The summed E-state index contributed by atoms with van der Waals surface area (Å²) in [5, 5.41) is 11.7. The number of halogens is 2. The molecule has 0 spiro atoms. The first-order valence-electron chi connectivity index (χ1n) is 5.41. The number of nitrogens with one attached hydrogen (secondary N) is 1. The average molecular weight is 362 g/mol. The van der Waals surface area contributed by atoms with E-state index in [0.29, 0.717) is 11.8 Å². The molecule has 0 amide bonds. The van der Waals surface area contributed by atoms with Gasteiger partial charge < -0.3 is 10.6 Å². The Labute approximate surface area is 130 Å². The molecule has 0 bridgehead atoms. The molecule has 1 aromatic carbocycles. The van der Waals surface area contributed by atoms with Crippen molar-refractivity contribution >= 4 is 40.5 Å². The minimum Gasteiger partial charge on any atom is -0.496 e. The summed E-state index contributed by atoms with van der Waals surface area (Å²) < 4.78 is 7.33. The van der Waals surface area contributed by atoms with Crippen LogP contribution >= 0.6 is 28.3 Å². The van der Waals surface area contributed by atoms with Gasteiger partial charge in [-0.3, -0.25) is 0 Å². The van der Waals surface area contributed by atoms with E-state index in [-0.39, 0.29) is 12.4 Å². The zero-order valence-corrected chi connectivity index (χ0v) is 13.3. The second-order valence-corrected chi connectivity index (χ2v) is 4.56. The number of nitrogens with two attached hydrogens (primary N) is 1. The second kappa shape index (κ2) is 7.11. The molecule has 0 radical (unpaired) electrons. The minimum absolute atomic E-state index is 0. The third-order valence-corrected chi connectivity index (χ3v) is 3.04. The molecule has 0 aliphatic carbocycles. The minimum atomic E-state index is 0. The quantitative estimate of drug-likeness (QED) is 0.493. The Morgan fingerprint density at radius 3 is 2.75 bits per heavy atom. The van der Waals surface area contributed by atoms with Crippen molar-refractivity contribution in [3.63, 3.8) is 0 Å². The van der Waals surface area contributed by atoms with Crippen LogP contribution in [-0.2, 0) is 0 Å². The average Bonchev–Trinajstić information content (AvgIpc) is 2.71. The lowest BCUT2D eigenvalue weighted by atomic mass is 10.2. The first kappa shape index (κ1) is 16.3. The first-order valence-corrected chi connectivity index (χ1v) is 6.21. The van der Waals surface area contributed by atoms with Crippen molar-refractivity contribution in [2.75, 3.05) is 18.4 Å². The number of aryl methyl sites for hydroxylation is 1. The lowest BCUT2D eigenvalue weighted by molar-refractivity contribution is 0.412. The predicted molar refractivity (Wildman–Crippen MR) is 84.1 cm³/mol. The molecule has 20 heavy (non-hydrogen) atoms. The number of hydrogen-bond acceptors (Lipinski definition) is 6. The summed E-state index contributed by atoms with van der Waals surface area (Å²) in [5.41, 5.74) is 3.62. The summed E-state index contributed by atoms with van der Waals surface area (Å²) in [5.74, 6) is 7.42. The van der Waals surface area contributed by atoms with Crippen LogP contribution in [0.1, 0.15) is 11.4 Å². The number of nitrogen functional groups attached to an aromatic ring is 1. The van der Waals surface area contributed by atoms with Crippen LogP contribution in [0.5, 0.6) is 5.75 Å². The van der Waals surface area contributed by atoms with E-state index in [4.69, 9.17) is 10.6 Å². The molecule has 0 aliphatic heterocycles. The summed E-state index contributed by atoms with van der Waals surface area (Å²) >= 11 is 3.41. The Kier molecular flexibility index (Phi) is 5.78. The number of hydrazone groups is 1. The number of benzene rings is 1. The van der Waals surface area contributed by atoms with Gasteiger partial charge in [0, 0.05) is 0 Å². The normalized spacial score (nSPS) is 10.3. The molecule has 0 aliphatic rings. The molecule has 7 nitrogen and oxygen atoms in total. The molecule has 2 rings (SSSR count). The number of methoxy groups -OCH3 is 1. The maximum atomic E-state index is 5.68. The highest BCUT2D eigenvalue weighted by Crippen LogP contribution is 2.24. The Bertz CT molecular complexity index is 615.